The van der Waals surface area contributed by atoms with Gasteiger partial charge in [0.05, 0.1) is 6.04 Å². The zero-order valence-electron chi connectivity index (χ0n) is 6.17. The Bertz CT molecular complexity index is 173. The van der Waals surface area contributed by atoms with E-state index >= 15 is 0 Å². The minimum atomic E-state index is 0.482. The first-order chi connectivity index (χ1) is 4.68. The summed E-state index contributed by atoms with van der Waals surface area (Å²) >= 11 is 0. The van der Waals surface area contributed by atoms with Crippen LogP contribution in [0.15, 0.2) is 16.8 Å². The SMILES string of the molecule is CC(N)=CC(N)=NC1CC1. The molecule has 1 rings (SSSR count). The molecule has 0 saturated heterocycles. The van der Waals surface area contributed by atoms with Gasteiger partial charge in [0.1, 0.15) is 5.84 Å². The topological polar surface area (TPSA) is 64.4 Å². The zero-order valence-corrected chi connectivity index (χ0v) is 6.17. The van der Waals surface area contributed by atoms with Gasteiger partial charge in [-0.3, -0.25) is 4.99 Å². The maximum Gasteiger partial charge on any atom is 0.120 e. The Morgan fingerprint density at radius 1 is 1.50 bits per heavy atom. The molecule has 4 N–H and O–H groups in total. The van der Waals surface area contributed by atoms with E-state index in [4.69, 9.17) is 11.5 Å². The highest BCUT2D eigenvalue weighted by atomic mass is 14.9. The smallest absolute Gasteiger partial charge is 0.120 e. The third-order valence-corrected chi connectivity index (χ3v) is 1.25. The molecule has 0 atom stereocenters. The second-order valence-electron chi connectivity index (χ2n) is 2.67. The van der Waals surface area contributed by atoms with Gasteiger partial charge in [-0.25, -0.2) is 0 Å². The molecular weight excluding hydrogens is 126 g/mol. The molecule has 0 amide bonds. The third-order valence-electron chi connectivity index (χ3n) is 1.25. The molecule has 0 bridgehead atoms. The minimum Gasteiger partial charge on any atom is -0.402 e. The molecule has 1 fully saturated rings. The average Bonchev–Trinajstić information content (AvgIpc) is 2.46. The number of hydrogen-bond acceptors (Lipinski definition) is 2. The van der Waals surface area contributed by atoms with E-state index in [1.54, 1.807) is 13.0 Å². The summed E-state index contributed by atoms with van der Waals surface area (Å²) in [6, 6.07) is 0.482. The van der Waals surface area contributed by atoms with E-state index in [2.05, 4.69) is 4.99 Å². The van der Waals surface area contributed by atoms with Gasteiger partial charge in [0.15, 0.2) is 0 Å². The fourth-order valence-electron chi connectivity index (χ4n) is 0.685. The fraction of sp³-hybridized carbons (Fsp3) is 0.571. The summed E-state index contributed by atoms with van der Waals surface area (Å²) in [5.74, 6) is 0.558. The molecule has 0 heterocycles. The number of allylic oxidation sites excluding steroid dienone is 1. The van der Waals surface area contributed by atoms with Crippen molar-refractivity contribution in [2.45, 2.75) is 25.8 Å². The lowest BCUT2D eigenvalue weighted by atomic mass is 10.4. The van der Waals surface area contributed by atoms with Crippen LogP contribution >= 0.6 is 0 Å². The van der Waals surface area contributed by atoms with Crippen molar-refractivity contribution in [2.24, 2.45) is 16.5 Å². The molecule has 0 spiro atoms. The second kappa shape index (κ2) is 2.73. The molecule has 0 radical (unpaired) electrons. The van der Waals surface area contributed by atoms with Gasteiger partial charge in [-0.15, -0.1) is 0 Å². The van der Waals surface area contributed by atoms with Crippen LogP contribution < -0.4 is 11.5 Å². The Kier molecular flexibility index (Phi) is 1.94. The summed E-state index contributed by atoms with van der Waals surface area (Å²) in [6.45, 7) is 1.80. The van der Waals surface area contributed by atoms with Crippen LogP contribution in [0.1, 0.15) is 19.8 Å². The van der Waals surface area contributed by atoms with Crippen molar-refractivity contribution in [1.82, 2.24) is 0 Å². The highest BCUT2D eigenvalue weighted by Crippen LogP contribution is 2.23. The normalized spacial score (nSPS) is 21.3. The highest BCUT2D eigenvalue weighted by Gasteiger charge is 2.19. The molecule has 10 heavy (non-hydrogen) atoms. The third kappa shape index (κ3) is 2.53. The van der Waals surface area contributed by atoms with Gasteiger partial charge in [-0.05, 0) is 25.8 Å². The summed E-state index contributed by atoms with van der Waals surface area (Å²) < 4.78 is 0. The number of nitrogens with two attached hydrogens (primary N) is 2. The van der Waals surface area contributed by atoms with Crippen LogP contribution in [0.3, 0.4) is 0 Å². The minimum absolute atomic E-state index is 0.482. The van der Waals surface area contributed by atoms with Gasteiger partial charge in [-0.1, -0.05) is 0 Å². The van der Waals surface area contributed by atoms with Crippen molar-refractivity contribution in [3.05, 3.63) is 11.8 Å². The zero-order chi connectivity index (χ0) is 7.56. The standard InChI is InChI=1S/C7H13N3/c1-5(8)4-7(9)10-6-2-3-6/h4,6H,2-3,8H2,1H3,(H2,9,10). The Morgan fingerprint density at radius 2 is 2.10 bits per heavy atom. The molecule has 56 valence electrons. The molecule has 1 aliphatic rings. The largest absolute Gasteiger partial charge is 0.402 e. The van der Waals surface area contributed by atoms with E-state index in [1.807, 2.05) is 0 Å². The molecule has 3 nitrogen and oxygen atoms in total. The summed E-state index contributed by atoms with van der Waals surface area (Å²) in [5.41, 5.74) is 11.6. The predicted octanol–water partition coefficient (Wildman–Crippen LogP) is 0.368. The summed E-state index contributed by atoms with van der Waals surface area (Å²) in [6.07, 6.45) is 4.05. The molecule has 0 aliphatic heterocycles. The highest BCUT2D eigenvalue weighted by molar-refractivity contribution is 5.92. The van der Waals surface area contributed by atoms with Gasteiger partial charge in [0.2, 0.25) is 0 Å². The first-order valence-electron chi connectivity index (χ1n) is 3.45. The van der Waals surface area contributed by atoms with E-state index in [-0.39, 0.29) is 0 Å². The number of nitrogens with zero attached hydrogens (tertiary/aromatic N) is 1. The molecule has 3 heteroatoms. The number of amidine groups is 1. The second-order valence-corrected chi connectivity index (χ2v) is 2.67. The van der Waals surface area contributed by atoms with Gasteiger partial charge >= 0.3 is 0 Å². The number of rotatable bonds is 2. The molecule has 1 aliphatic carbocycles. The quantitative estimate of drug-likeness (QED) is 0.429. The molecule has 0 unspecified atom stereocenters. The molecule has 0 aromatic carbocycles. The van der Waals surface area contributed by atoms with Crippen molar-refractivity contribution in [2.75, 3.05) is 0 Å². The Morgan fingerprint density at radius 3 is 2.50 bits per heavy atom. The lowest BCUT2D eigenvalue weighted by Crippen LogP contribution is -2.11. The van der Waals surface area contributed by atoms with Crippen molar-refractivity contribution in [3.8, 4) is 0 Å². The van der Waals surface area contributed by atoms with E-state index in [0.29, 0.717) is 17.6 Å². The maximum absolute atomic E-state index is 5.51. The van der Waals surface area contributed by atoms with Crippen LogP contribution in [-0.4, -0.2) is 11.9 Å². The van der Waals surface area contributed by atoms with Crippen molar-refractivity contribution >= 4 is 5.84 Å². The lowest BCUT2D eigenvalue weighted by Gasteiger charge is -1.92. The lowest BCUT2D eigenvalue weighted by molar-refractivity contribution is 1.06. The van der Waals surface area contributed by atoms with E-state index in [0.717, 1.165) is 0 Å². The maximum atomic E-state index is 5.51. The van der Waals surface area contributed by atoms with Crippen LogP contribution in [-0.2, 0) is 0 Å². The van der Waals surface area contributed by atoms with Gasteiger partial charge in [-0.2, -0.15) is 0 Å². The Hall–Kier alpha value is -0.990. The van der Waals surface area contributed by atoms with Gasteiger partial charge in [0, 0.05) is 5.70 Å². The van der Waals surface area contributed by atoms with Crippen LogP contribution in [0.5, 0.6) is 0 Å². The molecule has 0 aromatic rings. The molecule has 0 aromatic heterocycles. The van der Waals surface area contributed by atoms with Crippen molar-refractivity contribution < 1.29 is 0 Å². The van der Waals surface area contributed by atoms with Gasteiger partial charge < -0.3 is 11.5 Å². The van der Waals surface area contributed by atoms with Gasteiger partial charge in [0.25, 0.3) is 0 Å². The Labute approximate surface area is 60.8 Å². The Balaban J connectivity index is 2.46. The summed E-state index contributed by atoms with van der Waals surface area (Å²) in [7, 11) is 0. The van der Waals surface area contributed by atoms with Crippen LogP contribution in [0.2, 0.25) is 0 Å². The van der Waals surface area contributed by atoms with E-state index < -0.39 is 0 Å². The molecular formula is C7H13N3. The number of hydrogen-bond donors (Lipinski definition) is 2. The number of aliphatic imine (C=N–C) groups is 1. The predicted molar refractivity (Wildman–Crippen MR) is 42.6 cm³/mol. The first-order valence-corrected chi connectivity index (χ1v) is 3.45. The van der Waals surface area contributed by atoms with Crippen molar-refractivity contribution in [1.29, 1.82) is 0 Å². The summed E-state index contributed by atoms with van der Waals surface area (Å²) in [4.78, 5) is 4.17. The van der Waals surface area contributed by atoms with Crippen LogP contribution in [0.25, 0.3) is 0 Å². The van der Waals surface area contributed by atoms with Crippen molar-refractivity contribution in [3.63, 3.8) is 0 Å². The van der Waals surface area contributed by atoms with E-state index in [1.165, 1.54) is 12.8 Å². The first kappa shape index (κ1) is 7.12. The van der Waals surface area contributed by atoms with Crippen LogP contribution in [0, 0.1) is 0 Å². The summed E-state index contributed by atoms with van der Waals surface area (Å²) in [5, 5.41) is 0. The fourth-order valence-corrected chi connectivity index (χ4v) is 0.685. The van der Waals surface area contributed by atoms with E-state index in [9.17, 15) is 0 Å². The average molecular weight is 139 g/mol. The van der Waals surface area contributed by atoms with Crippen LogP contribution in [0.4, 0.5) is 0 Å². The monoisotopic (exact) mass is 139 g/mol. The molecule has 1 saturated carbocycles.